The fraction of sp³-hybridized carbons (Fsp3) is 0.389. The monoisotopic (exact) mass is 355 g/mol. The quantitative estimate of drug-likeness (QED) is 0.630. The molecule has 0 spiro atoms. The second kappa shape index (κ2) is 7.74. The van der Waals surface area contributed by atoms with Crippen molar-refractivity contribution in [1.82, 2.24) is 19.7 Å². The first-order chi connectivity index (χ1) is 12.4. The van der Waals surface area contributed by atoms with Gasteiger partial charge in [-0.1, -0.05) is 17.8 Å². The van der Waals surface area contributed by atoms with E-state index in [4.69, 9.17) is 4.42 Å². The Bertz CT molecular complexity index is 781. The van der Waals surface area contributed by atoms with Gasteiger partial charge in [-0.3, -0.25) is 9.55 Å². The Morgan fingerprint density at radius 1 is 1.04 bits per heavy atom. The third-order valence-corrected chi connectivity index (χ3v) is 5.31. The molecule has 130 valence electrons. The minimum absolute atomic E-state index is 0.649. The normalized spacial score (nSPS) is 14.8. The number of nitrogens with zero attached hydrogens (tertiary/aromatic N) is 5. The Kier molecular flexibility index (Phi) is 5.01. The van der Waals surface area contributed by atoms with Gasteiger partial charge in [0.2, 0.25) is 5.95 Å². The van der Waals surface area contributed by atoms with Crippen molar-refractivity contribution in [3.63, 3.8) is 0 Å². The molecule has 0 saturated carbocycles. The van der Waals surface area contributed by atoms with Crippen LogP contribution in [0.1, 0.15) is 30.7 Å². The number of piperidine rings is 1. The van der Waals surface area contributed by atoms with Gasteiger partial charge >= 0.3 is 0 Å². The number of hydrogen-bond acceptors (Lipinski definition) is 6. The highest BCUT2D eigenvalue weighted by atomic mass is 32.2. The van der Waals surface area contributed by atoms with Crippen LogP contribution < -0.4 is 4.90 Å². The van der Waals surface area contributed by atoms with Crippen molar-refractivity contribution >= 4 is 17.7 Å². The van der Waals surface area contributed by atoms with E-state index in [9.17, 15) is 0 Å². The number of rotatable bonds is 6. The van der Waals surface area contributed by atoms with Crippen LogP contribution in [-0.4, -0.2) is 32.8 Å². The first-order valence-corrected chi connectivity index (χ1v) is 9.62. The summed E-state index contributed by atoms with van der Waals surface area (Å²) in [5.74, 6) is 2.63. The lowest BCUT2D eigenvalue weighted by molar-refractivity contribution is 0.479. The van der Waals surface area contributed by atoms with E-state index >= 15 is 0 Å². The Hall–Kier alpha value is -2.28. The van der Waals surface area contributed by atoms with Crippen molar-refractivity contribution in [3.8, 4) is 0 Å². The van der Waals surface area contributed by atoms with Crippen molar-refractivity contribution < 1.29 is 4.42 Å². The third kappa shape index (κ3) is 3.87. The fourth-order valence-electron chi connectivity index (χ4n) is 3.03. The largest absolute Gasteiger partial charge is 0.467 e. The van der Waals surface area contributed by atoms with E-state index in [1.165, 1.54) is 19.3 Å². The maximum Gasteiger partial charge on any atom is 0.228 e. The first-order valence-electron chi connectivity index (χ1n) is 8.63. The Morgan fingerprint density at radius 3 is 2.72 bits per heavy atom. The Labute approximate surface area is 151 Å². The molecule has 1 aliphatic heterocycles. The zero-order valence-electron chi connectivity index (χ0n) is 14.0. The highest BCUT2D eigenvalue weighted by Crippen LogP contribution is 2.27. The zero-order chi connectivity index (χ0) is 16.9. The summed E-state index contributed by atoms with van der Waals surface area (Å²) >= 11 is 1.67. The van der Waals surface area contributed by atoms with Crippen LogP contribution in [0.3, 0.4) is 0 Å². The number of pyridine rings is 1. The topological polar surface area (TPSA) is 60.0 Å². The molecular weight excluding hydrogens is 334 g/mol. The predicted molar refractivity (Wildman–Crippen MR) is 97.7 cm³/mol. The highest BCUT2D eigenvalue weighted by molar-refractivity contribution is 7.98. The standard InChI is InChI=1S/C18H21N5OS/c1-4-10-22(11-5-1)17-20-21-18(23(17)13-16-8-6-12-24-16)25-14-15-7-2-3-9-19-15/h2-3,6-9,12H,1,4-5,10-11,13-14H2. The Balaban J connectivity index is 1.57. The van der Waals surface area contributed by atoms with Crippen LogP contribution >= 0.6 is 11.8 Å². The van der Waals surface area contributed by atoms with Crippen molar-refractivity contribution in [2.24, 2.45) is 0 Å². The molecule has 3 aromatic rings. The van der Waals surface area contributed by atoms with E-state index in [1.807, 2.05) is 36.5 Å². The van der Waals surface area contributed by atoms with Gasteiger partial charge in [-0.2, -0.15) is 0 Å². The summed E-state index contributed by atoms with van der Waals surface area (Å²) in [6, 6.07) is 9.89. The van der Waals surface area contributed by atoms with Gasteiger partial charge in [-0.25, -0.2) is 0 Å². The van der Waals surface area contributed by atoms with E-state index in [1.54, 1.807) is 18.0 Å². The molecular formula is C18H21N5OS. The summed E-state index contributed by atoms with van der Waals surface area (Å²) in [5.41, 5.74) is 1.04. The molecule has 0 unspecified atom stereocenters. The van der Waals surface area contributed by atoms with Gasteiger partial charge in [0.25, 0.3) is 0 Å². The maximum absolute atomic E-state index is 5.55. The molecule has 6 nitrogen and oxygen atoms in total. The molecule has 0 N–H and O–H groups in total. The van der Waals surface area contributed by atoms with Crippen LogP contribution in [0.5, 0.6) is 0 Å². The van der Waals surface area contributed by atoms with Gasteiger partial charge in [0, 0.05) is 25.0 Å². The molecule has 0 atom stereocenters. The molecule has 7 heteroatoms. The summed E-state index contributed by atoms with van der Waals surface area (Å²) < 4.78 is 7.71. The van der Waals surface area contributed by atoms with Gasteiger partial charge < -0.3 is 9.32 Å². The highest BCUT2D eigenvalue weighted by Gasteiger charge is 2.21. The van der Waals surface area contributed by atoms with Crippen LogP contribution in [0, 0.1) is 0 Å². The minimum Gasteiger partial charge on any atom is -0.467 e. The van der Waals surface area contributed by atoms with Crippen molar-refractivity contribution in [2.45, 2.75) is 36.7 Å². The van der Waals surface area contributed by atoms with Crippen LogP contribution in [0.2, 0.25) is 0 Å². The van der Waals surface area contributed by atoms with Crippen molar-refractivity contribution in [1.29, 1.82) is 0 Å². The molecule has 4 rings (SSSR count). The summed E-state index contributed by atoms with van der Waals surface area (Å²) in [6.07, 6.45) is 7.25. The average molecular weight is 355 g/mol. The number of hydrogen-bond donors (Lipinski definition) is 0. The summed E-state index contributed by atoms with van der Waals surface area (Å²) in [4.78, 5) is 6.73. The van der Waals surface area contributed by atoms with Crippen LogP contribution in [0.4, 0.5) is 5.95 Å². The number of anilines is 1. The minimum atomic E-state index is 0.649. The van der Waals surface area contributed by atoms with Gasteiger partial charge in [0.1, 0.15) is 5.76 Å². The second-order valence-corrected chi connectivity index (χ2v) is 7.05. The Morgan fingerprint density at radius 2 is 1.96 bits per heavy atom. The lowest BCUT2D eigenvalue weighted by Crippen LogP contribution is -2.32. The van der Waals surface area contributed by atoms with Crippen molar-refractivity contribution in [2.75, 3.05) is 18.0 Å². The number of thioether (sulfide) groups is 1. The van der Waals surface area contributed by atoms with Crippen LogP contribution in [-0.2, 0) is 12.3 Å². The van der Waals surface area contributed by atoms with Crippen LogP contribution in [0.25, 0.3) is 0 Å². The predicted octanol–water partition coefficient (Wildman–Crippen LogP) is 3.60. The molecule has 0 radical (unpaired) electrons. The lowest BCUT2D eigenvalue weighted by Gasteiger charge is -2.27. The molecule has 1 fully saturated rings. The van der Waals surface area contributed by atoms with Gasteiger partial charge in [0.15, 0.2) is 5.16 Å². The number of furan rings is 1. The van der Waals surface area contributed by atoms with E-state index in [-0.39, 0.29) is 0 Å². The number of aromatic nitrogens is 4. The molecule has 1 saturated heterocycles. The molecule has 0 bridgehead atoms. The van der Waals surface area contributed by atoms with E-state index in [0.29, 0.717) is 6.54 Å². The van der Waals surface area contributed by atoms with Crippen LogP contribution in [0.15, 0.2) is 52.4 Å². The molecule has 0 aliphatic carbocycles. The average Bonchev–Trinajstić information content (AvgIpc) is 3.32. The molecule has 0 aromatic carbocycles. The van der Waals surface area contributed by atoms with E-state index in [2.05, 4.69) is 24.6 Å². The SMILES string of the molecule is c1ccc(CSc2nnc(N3CCCCC3)n2Cc2ccco2)nc1. The smallest absolute Gasteiger partial charge is 0.228 e. The molecule has 0 amide bonds. The molecule has 25 heavy (non-hydrogen) atoms. The van der Waals surface area contributed by atoms with Crippen molar-refractivity contribution in [3.05, 3.63) is 54.2 Å². The second-order valence-electron chi connectivity index (χ2n) is 6.11. The summed E-state index contributed by atoms with van der Waals surface area (Å²) in [6.45, 7) is 2.73. The van der Waals surface area contributed by atoms with Gasteiger partial charge in [0.05, 0.1) is 18.5 Å². The molecule has 4 heterocycles. The fourth-order valence-corrected chi connectivity index (χ4v) is 3.88. The lowest BCUT2D eigenvalue weighted by atomic mass is 10.1. The third-order valence-electron chi connectivity index (χ3n) is 4.31. The van der Waals surface area contributed by atoms with E-state index in [0.717, 1.165) is 41.4 Å². The molecule has 1 aliphatic rings. The van der Waals surface area contributed by atoms with Gasteiger partial charge in [-0.05, 0) is 43.5 Å². The van der Waals surface area contributed by atoms with E-state index < -0.39 is 0 Å². The van der Waals surface area contributed by atoms with Gasteiger partial charge in [-0.15, -0.1) is 10.2 Å². The zero-order valence-corrected chi connectivity index (χ0v) is 14.9. The maximum atomic E-state index is 5.55. The molecule has 3 aromatic heterocycles. The first kappa shape index (κ1) is 16.2. The summed E-state index contributed by atoms with van der Waals surface area (Å²) in [7, 11) is 0. The summed E-state index contributed by atoms with van der Waals surface area (Å²) in [5, 5.41) is 9.85.